The van der Waals surface area contributed by atoms with Crippen molar-refractivity contribution in [1.29, 1.82) is 0 Å². The van der Waals surface area contributed by atoms with Crippen molar-refractivity contribution >= 4 is 39.2 Å². The summed E-state index contributed by atoms with van der Waals surface area (Å²) < 4.78 is 7.50. The third-order valence-corrected chi connectivity index (χ3v) is 7.35. The Bertz CT molecular complexity index is 1300. The van der Waals surface area contributed by atoms with Crippen LogP contribution >= 0.6 is 23.1 Å². The van der Waals surface area contributed by atoms with Gasteiger partial charge in [0.15, 0.2) is 5.16 Å². The van der Waals surface area contributed by atoms with E-state index in [1.54, 1.807) is 11.7 Å². The number of fused-ring (bicyclic) bond motifs is 1. The highest BCUT2D eigenvalue weighted by Gasteiger charge is 2.16. The van der Waals surface area contributed by atoms with Crippen LogP contribution in [0.15, 0.2) is 76.0 Å². The number of carbonyl (C=O) groups excluding carboxylic acids is 1. The second-order valence-electron chi connectivity index (χ2n) is 8.05. The molecule has 0 saturated heterocycles. The smallest absolute Gasteiger partial charge is 0.272 e. The van der Waals surface area contributed by atoms with E-state index < -0.39 is 0 Å². The Morgan fingerprint density at radius 2 is 1.88 bits per heavy atom. The maximum Gasteiger partial charge on any atom is 0.272 e. The van der Waals surface area contributed by atoms with Crippen molar-refractivity contribution in [2.45, 2.75) is 37.5 Å². The van der Waals surface area contributed by atoms with Crippen LogP contribution in [0.4, 0.5) is 0 Å². The topological polar surface area (TPSA) is 73.2 Å². The lowest BCUT2D eigenvalue weighted by atomic mass is 10.1. The molecule has 34 heavy (non-hydrogen) atoms. The molecule has 1 amide bonds. The molecule has 0 fully saturated rings. The Morgan fingerprint density at radius 1 is 1.12 bits per heavy atom. The molecular formula is C26H27N3O3S2. The summed E-state index contributed by atoms with van der Waals surface area (Å²) in [4.78, 5) is 30.5. The van der Waals surface area contributed by atoms with Gasteiger partial charge in [-0.15, -0.1) is 11.3 Å². The van der Waals surface area contributed by atoms with Crippen LogP contribution in [0.3, 0.4) is 0 Å². The molecule has 2 aromatic carbocycles. The third kappa shape index (κ3) is 6.07. The van der Waals surface area contributed by atoms with Crippen molar-refractivity contribution in [2.24, 2.45) is 0 Å². The van der Waals surface area contributed by atoms with Crippen LogP contribution in [0.1, 0.15) is 24.5 Å². The van der Waals surface area contributed by atoms with E-state index in [2.05, 4.69) is 22.4 Å². The van der Waals surface area contributed by atoms with Crippen molar-refractivity contribution < 1.29 is 9.53 Å². The van der Waals surface area contributed by atoms with Gasteiger partial charge in [-0.05, 0) is 54.5 Å². The molecule has 6 nitrogen and oxygen atoms in total. The van der Waals surface area contributed by atoms with E-state index in [9.17, 15) is 9.59 Å². The van der Waals surface area contributed by atoms with Crippen LogP contribution in [-0.2, 0) is 17.8 Å². The predicted molar refractivity (Wildman–Crippen MR) is 139 cm³/mol. The predicted octanol–water partition coefficient (Wildman–Crippen LogP) is 4.74. The molecule has 1 atom stereocenters. The number of ether oxygens (including phenoxy) is 1. The minimum Gasteiger partial charge on any atom is -0.497 e. The number of carbonyl (C=O) groups is 1. The number of hydrogen-bond acceptors (Lipinski definition) is 6. The van der Waals surface area contributed by atoms with Crippen molar-refractivity contribution in [2.75, 3.05) is 12.9 Å². The zero-order chi connectivity index (χ0) is 23.9. The number of benzene rings is 2. The van der Waals surface area contributed by atoms with Crippen LogP contribution in [0.2, 0.25) is 0 Å². The summed E-state index contributed by atoms with van der Waals surface area (Å²) in [6.45, 7) is 2.39. The molecule has 0 unspecified atom stereocenters. The maximum absolute atomic E-state index is 13.2. The largest absolute Gasteiger partial charge is 0.497 e. The van der Waals surface area contributed by atoms with Crippen LogP contribution in [0.5, 0.6) is 5.75 Å². The van der Waals surface area contributed by atoms with E-state index in [0.717, 1.165) is 24.2 Å². The number of nitrogens with one attached hydrogen (secondary N) is 1. The molecule has 0 aliphatic carbocycles. The Balaban J connectivity index is 1.43. The number of aryl methyl sites for hydroxylation is 1. The summed E-state index contributed by atoms with van der Waals surface area (Å²) in [6, 6.07) is 19.7. The lowest BCUT2D eigenvalue weighted by Crippen LogP contribution is -2.34. The average Bonchev–Trinajstić information content (AvgIpc) is 3.33. The molecule has 0 radical (unpaired) electrons. The van der Waals surface area contributed by atoms with Gasteiger partial charge in [0.2, 0.25) is 5.91 Å². The number of rotatable bonds is 10. The number of thioether (sulfide) groups is 1. The quantitative estimate of drug-likeness (QED) is 0.255. The Labute approximate surface area is 207 Å². The monoisotopic (exact) mass is 493 g/mol. The van der Waals surface area contributed by atoms with Crippen LogP contribution in [0, 0.1) is 0 Å². The van der Waals surface area contributed by atoms with E-state index in [4.69, 9.17) is 4.74 Å². The van der Waals surface area contributed by atoms with Gasteiger partial charge in [0.25, 0.3) is 5.56 Å². The summed E-state index contributed by atoms with van der Waals surface area (Å²) in [7, 11) is 1.62. The maximum atomic E-state index is 13.2. The molecule has 0 bridgehead atoms. The molecule has 4 rings (SSSR count). The lowest BCUT2D eigenvalue weighted by molar-refractivity contribution is -0.119. The molecule has 2 aromatic heterocycles. The molecule has 0 spiro atoms. The fourth-order valence-electron chi connectivity index (χ4n) is 3.63. The van der Waals surface area contributed by atoms with Crippen LogP contribution in [0.25, 0.3) is 10.2 Å². The summed E-state index contributed by atoms with van der Waals surface area (Å²) >= 11 is 2.68. The third-order valence-electron chi connectivity index (χ3n) is 5.48. The highest BCUT2D eigenvalue weighted by Crippen LogP contribution is 2.22. The molecule has 0 saturated carbocycles. The minimum absolute atomic E-state index is 0.0575. The first-order valence-electron chi connectivity index (χ1n) is 11.1. The first kappa shape index (κ1) is 24.0. The van der Waals surface area contributed by atoms with Crippen molar-refractivity contribution in [3.8, 4) is 5.75 Å². The van der Waals surface area contributed by atoms with E-state index in [1.165, 1.54) is 28.7 Å². The SMILES string of the molecule is COc1ccc(Cn2c(SCC(=O)N[C@@H](C)CCc3ccccc3)nc3ccsc3c2=O)cc1. The van der Waals surface area contributed by atoms with E-state index in [0.29, 0.717) is 21.9 Å². The summed E-state index contributed by atoms with van der Waals surface area (Å²) in [5.74, 6) is 0.886. The second-order valence-corrected chi connectivity index (χ2v) is 9.91. The molecule has 176 valence electrons. The number of amides is 1. The Kier molecular flexibility index (Phi) is 8.03. The highest BCUT2D eigenvalue weighted by atomic mass is 32.2. The molecule has 0 aliphatic rings. The second kappa shape index (κ2) is 11.4. The number of methoxy groups -OCH3 is 1. The van der Waals surface area contributed by atoms with Gasteiger partial charge < -0.3 is 10.1 Å². The van der Waals surface area contributed by atoms with Crippen LogP contribution in [-0.4, -0.2) is 34.4 Å². The number of nitrogens with zero attached hydrogens (tertiary/aromatic N) is 2. The number of hydrogen-bond donors (Lipinski definition) is 1. The van der Waals surface area contributed by atoms with Crippen molar-refractivity contribution in [3.05, 3.63) is 87.5 Å². The van der Waals surface area contributed by atoms with Crippen molar-refractivity contribution in [1.82, 2.24) is 14.9 Å². The fourth-order valence-corrected chi connectivity index (χ4v) is 5.22. The summed E-state index contributed by atoms with van der Waals surface area (Å²) in [6.07, 6.45) is 1.77. The highest BCUT2D eigenvalue weighted by molar-refractivity contribution is 7.99. The number of aromatic nitrogens is 2. The van der Waals surface area contributed by atoms with Gasteiger partial charge >= 0.3 is 0 Å². The van der Waals surface area contributed by atoms with Crippen molar-refractivity contribution in [3.63, 3.8) is 0 Å². The summed E-state index contributed by atoms with van der Waals surface area (Å²) in [5.41, 5.74) is 2.80. The molecule has 0 aliphatic heterocycles. The van der Waals surface area contributed by atoms with Gasteiger partial charge in [0, 0.05) is 6.04 Å². The molecule has 4 aromatic rings. The van der Waals surface area contributed by atoms with E-state index in [-0.39, 0.29) is 23.3 Å². The zero-order valence-corrected chi connectivity index (χ0v) is 20.8. The molecular weight excluding hydrogens is 466 g/mol. The van der Waals surface area contributed by atoms with Gasteiger partial charge in [-0.1, -0.05) is 54.2 Å². The zero-order valence-electron chi connectivity index (χ0n) is 19.2. The fraction of sp³-hybridized carbons (Fsp3) is 0.269. The first-order chi connectivity index (χ1) is 16.5. The van der Waals surface area contributed by atoms with E-state index >= 15 is 0 Å². The Hall–Kier alpha value is -3.10. The molecule has 8 heteroatoms. The minimum atomic E-state index is -0.0880. The summed E-state index contributed by atoms with van der Waals surface area (Å²) in [5, 5.41) is 5.47. The number of thiophene rings is 1. The van der Waals surface area contributed by atoms with Crippen LogP contribution < -0.4 is 15.6 Å². The Morgan fingerprint density at radius 3 is 2.62 bits per heavy atom. The molecule has 1 N–H and O–H groups in total. The van der Waals surface area contributed by atoms with Gasteiger partial charge in [0.05, 0.1) is 24.9 Å². The lowest BCUT2D eigenvalue weighted by Gasteiger charge is -2.15. The van der Waals surface area contributed by atoms with Gasteiger partial charge in [0.1, 0.15) is 10.4 Å². The van der Waals surface area contributed by atoms with Gasteiger partial charge in [-0.2, -0.15) is 0 Å². The first-order valence-corrected chi connectivity index (χ1v) is 13.0. The normalized spacial score (nSPS) is 11.9. The standard InChI is InChI=1S/C26H27N3O3S2/c1-18(8-9-19-6-4-3-5-7-19)27-23(30)17-34-26-28-22-14-15-33-24(22)25(31)29(26)16-20-10-12-21(32-2)13-11-20/h3-7,10-15,18H,8-9,16-17H2,1-2H3,(H,27,30)/t18-/m0/s1. The van der Waals surface area contributed by atoms with E-state index in [1.807, 2.05) is 60.8 Å². The molecule has 2 heterocycles. The average molecular weight is 494 g/mol. The van der Waals surface area contributed by atoms with Gasteiger partial charge in [-0.3, -0.25) is 14.2 Å². The van der Waals surface area contributed by atoms with Gasteiger partial charge in [-0.25, -0.2) is 4.98 Å².